The van der Waals surface area contributed by atoms with E-state index in [2.05, 4.69) is 0 Å². The maximum atomic E-state index is 5.64. The highest BCUT2D eigenvalue weighted by Crippen LogP contribution is 1.83. The Labute approximate surface area is 55.8 Å². The molecule has 1 aromatic heterocycles. The summed E-state index contributed by atoms with van der Waals surface area (Å²) >= 11 is 0. The molecule has 9 heavy (non-hydrogen) atoms. The molecule has 0 amide bonds. The van der Waals surface area contributed by atoms with Gasteiger partial charge in [0.25, 0.3) is 6.85 Å². The molecule has 1 heterocycles. The fourth-order valence-electron chi connectivity index (χ4n) is 0.947. The highest BCUT2D eigenvalue weighted by molar-refractivity contribution is 6.68. The van der Waals surface area contributed by atoms with E-state index in [4.69, 9.17) is 5.64 Å². The van der Waals surface area contributed by atoms with Crippen LogP contribution in [0.3, 0.4) is 0 Å². The van der Waals surface area contributed by atoms with Gasteiger partial charge in [-0.25, -0.2) is 0 Å². The quantitative estimate of drug-likeness (QED) is 0.514. The van der Waals surface area contributed by atoms with Crippen LogP contribution in [0.4, 0.5) is 0 Å². The van der Waals surface area contributed by atoms with Crippen LogP contribution in [0.1, 0.15) is 0 Å². The highest BCUT2D eigenvalue weighted by atomic mass is 14.9. The minimum Gasteiger partial charge on any atom is -0.365 e. The van der Waals surface area contributed by atoms with Crippen LogP contribution in [-0.4, -0.2) is 11.4 Å². The zero-order valence-electron chi connectivity index (χ0n) is 5.83. The number of nitrogens with zero attached hydrogens (tertiary/aromatic N) is 1. The average molecular weight is 122 g/mol. The van der Waals surface area contributed by atoms with Gasteiger partial charge in [-0.05, 0) is 12.1 Å². The van der Waals surface area contributed by atoms with Gasteiger partial charge < -0.3 is 10.2 Å². The number of aryl methyl sites for hydroxylation is 1. The monoisotopic (exact) mass is 122 g/mol. The predicted octanol–water partition coefficient (Wildman–Crippen LogP) is -0.188. The van der Waals surface area contributed by atoms with Crippen molar-refractivity contribution in [2.24, 2.45) is 12.7 Å². The Kier molecular flexibility index (Phi) is 1.62. The molecular formula is C6H11BN2. The smallest absolute Gasteiger partial charge is 0.268 e. The zero-order chi connectivity index (χ0) is 6.85. The highest BCUT2D eigenvalue weighted by Gasteiger charge is 2.05. The first-order chi connectivity index (χ1) is 4.22. The Hall–Kier alpha value is -0.695. The van der Waals surface area contributed by atoms with Crippen LogP contribution in [0.15, 0.2) is 18.3 Å². The van der Waals surface area contributed by atoms with E-state index in [1.807, 2.05) is 36.8 Å². The lowest BCUT2D eigenvalue weighted by molar-refractivity contribution is 0.955. The van der Waals surface area contributed by atoms with Crippen molar-refractivity contribution in [1.82, 2.24) is 4.57 Å². The second-order valence-electron chi connectivity index (χ2n) is 2.33. The molecule has 2 N–H and O–H groups in total. The third-order valence-electron chi connectivity index (χ3n) is 1.45. The fraction of sp³-hybridized carbons (Fsp3) is 0.333. The summed E-state index contributed by atoms with van der Waals surface area (Å²) in [5, 5.41) is 0. The molecule has 0 radical (unpaired) electrons. The minimum atomic E-state index is 0.144. The Morgan fingerprint density at radius 2 is 2.33 bits per heavy atom. The summed E-state index contributed by atoms with van der Waals surface area (Å²) in [4.78, 5) is 0. The van der Waals surface area contributed by atoms with Gasteiger partial charge in [0.2, 0.25) is 0 Å². The van der Waals surface area contributed by atoms with Crippen molar-refractivity contribution in [3.05, 3.63) is 18.3 Å². The van der Waals surface area contributed by atoms with Crippen molar-refractivity contribution in [3.8, 4) is 0 Å². The third-order valence-corrected chi connectivity index (χ3v) is 1.45. The van der Waals surface area contributed by atoms with Crippen molar-refractivity contribution < 1.29 is 0 Å². The summed E-state index contributed by atoms with van der Waals surface area (Å²) in [6.07, 6.45) is 2.00. The summed E-state index contributed by atoms with van der Waals surface area (Å²) in [6.45, 7) is 2.12. The lowest BCUT2D eigenvalue weighted by Gasteiger charge is -2.01. The largest absolute Gasteiger partial charge is 0.365 e. The SMILES string of the molecule is CB(N)c1cccn1C. The first-order valence-corrected chi connectivity index (χ1v) is 3.08. The molecule has 0 spiro atoms. The molecule has 0 fully saturated rings. The van der Waals surface area contributed by atoms with Gasteiger partial charge in [-0.2, -0.15) is 0 Å². The van der Waals surface area contributed by atoms with E-state index in [-0.39, 0.29) is 6.85 Å². The summed E-state index contributed by atoms with van der Waals surface area (Å²) in [6, 6.07) is 4.03. The Morgan fingerprint density at radius 1 is 1.67 bits per heavy atom. The van der Waals surface area contributed by atoms with Crippen LogP contribution >= 0.6 is 0 Å². The molecule has 0 atom stereocenters. The van der Waals surface area contributed by atoms with Gasteiger partial charge in [0.1, 0.15) is 0 Å². The molecule has 0 aliphatic rings. The Morgan fingerprint density at radius 3 is 2.56 bits per heavy atom. The molecule has 1 aromatic rings. The summed E-state index contributed by atoms with van der Waals surface area (Å²) < 4.78 is 2.03. The molecule has 0 saturated heterocycles. The standard InChI is InChI=1S/C6H11BN2/c1-7(8)6-4-3-5-9(6)2/h3-5H,8H2,1-2H3. The molecular weight excluding hydrogens is 111 g/mol. The van der Waals surface area contributed by atoms with Gasteiger partial charge >= 0.3 is 0 Å². The van der Waals surface area contributed by atoms with Crippen molar-refractivity contribution in [3.63, 3.8) is 0 Å². The van der Waals surface area contributed by atoms with E-state index >= 15 is 0 Å². The minimum absolute atomic E-state index is 0.144. The van der Waals surface area contributed by atoms with Crippen LogP contribution < -0.4 is 11.2 Å². The molecule has 0 unspecified atom stereocenters. The Bertz CT molecular complexity index is 193. The Balaban J connectivity index is 2.94. The van der Waals surface area contributed by atoms with Crippen LogP contribution in [0.25, 0.3) is 0 Å². The molecule has 0 aliphatic carbocycles. The van der Waals surface area contributed by atoms with E-state index < -0.39 is 0 Å². The van der Waals surface area contributed by atoms with Crippen molar-refractivity contribution >= 4 is 12.4 Å². The number of hydrogen-bond donors (Lipinski definition) is 1. The van der Waals surface area contributed by atoms with Crippen LogP contribution in [0, 0.1) is 0 Å². The lowest BCUT2D eigenvalue weighted by Crippen LogP contribution is -2.40. The maximum absolute atomic E-state index is 5.64. The van der Waals surface area contributed by atoms with Gasteiger partial charge in [-0.15, -0.1) is 0 Å². The van der Waals surface area contributed by atoms with Gasteiger partial charge in [0.05, 0.1) is 0 Å². The van der Waals surface area contributed by atoms with E-state index in [0.717, 1.165) is 0 Å². The number of hydrogen-bond acceptors (Lipinski definition) is 1. The lowest BCUT2D eigenvalue weighted by atomic mass is 9.63. The molecule has 0 aromatic carbocycles. The second-order valence-corrected chi connectivity index (χ2v) is 2.33. The van der Waals surface area contributed by atoms with Crippen molar-refractivity contribution in [2.45, 2.75) is 6.82 Å². The van der Waals surface area contributed by atoms with Crippen LogP contribution in [0.2, 0.25) is 6.82 Å². The van der Waals surface area contributed by atoms with Crippen LogP contribution in [0.5, 0.6) is 0 Å². The number of aromatic nitrogens is 1. The number of nitrogens with two attached hydrogens (primary N) is 1. The average Bonchev–Trinajstić information content (AvgIpc) is 2.13. The molecule has 0 saturated carbocycles. The number of rotatable bonds is 1. The van der Waals surface area contributed by atoms with Crippen molar-refractivity contribution in [1.29, 1.82) is 0 Å². The summed E-state index contributed by atoms with van der Waals surface area (Å²) in [5.41, 5.74) is 6.81. The summed E-state index contributed by atoms with van der Waals surface area (Å²) in [7, 11) is 2.00. The van der Waals surface area contributed by atoms with Gasteiger partial charge in [-0.3, -0.25) is 0 Å². The maximum Gasteiger partial charge on any atom is 0.268 e. The van der Waals surface area contributed by atoms with E-state index in [1.165, 1.54) is 5.59 Å². The molecule has 2 nitrogen and oxygen atoms in total. The topological polar surface area (TPSA) is 30.9 Å². The van der Waals surface area contributed by atoms with Crippen molar-refractivity contribution in [2.75, 3.05) is 0 Å². The summed E-state index contributed by atoms with van der Waals surface area (Å²) in [5.74, 6) is 0. The predicted molar refractivity (Wildman–Crippen MR) is 40.9 cm³/mol. The molecule has 48 valence electrons. The van der Waals surface area contributed by atoms with Gasteiger partial charge in [-0.1, -0.05) is 6.82 Å². The first-order valence-electron chi connectivity index (χ1n) is 3.08. The second kappa shape index (κ2) is 2.27. The molecule has 0 aliphatic heterocycles. The van der Waals surface area contributed by atoms with E-state index in [9.17, 15) is 0 Å². The molecule has 3 heteroatoms. The first kappa shape index (κ1) is 6.43. The van der Waals surface area contributed by atoms with E-state index in [0.29, 0.717) is 0 Å². The zero-order valence-corrected chi connectivity index (χ0v) is 5.83. The molecule has 0 bridgehead atoms. The van der Waals surface area contributed by atoms with Gasteiger partial charge in [0, 0.05) is 18.8 Å². The molecule has 1 rings (SSSR count). The van der Waals surface area contributed by atoms with Gasteiger partial charge in [0.15, 0.2) is 0 Å². The van der Waals surface area contributed by atoms with Crippen LogP contribution in [-0.2, 0) is 7.05 Å². The fourth-order valence-corrected chi connectivity index (χ4v) is 0.947. The third kappa shape index (κ3) is 1.16. The normalized spacial score (nSPS) is 9.67. The van der Waals surface area contributed by atoms with E-state index in [1.54, 1.807) is 0 Å².